The van der Waals surface area contributed by atoms with Crippen molar-refractivity contribution in [2.75, 3.05) is 6.54 Å². The van der Waals surface area contributed by atoms with Crippen LogP contribution in [-0.4, -0.2) is 33.2 Å². The molecule has 1 N–H and O–H groups in total. The molecule has 144 valence electrons. The maximum absolute atomic E-state index is 12.7. The molecule has 1 atom stereocenters. The number of Topliss-reactive ketones (excluding diaryl/α,β-unsaturated/α-hetero) is 1. The maximum atomic E-state index is 12.7. The minimum absolute atomic E-state index is 0.00107. The minimum Gasteiger partial charge on any atom is -0.507 e. The summed E-state index contributed by atoms with van der Waals surface area (Å²) in [5.41, 5.74) is 0.889. The molecule has 3 rings (SSSR count). The predicted octanol–water partition coefficient (Wildman–Crippen LogP) is 3.82. The summed E-state index contributed by atoms with van der Waals surface area (Å²) in [6.07, 6.45) is 1.52. The lowest BCUT2D eigenvalue weighted by molar-refractivity contribution is -0.384. The van der Waals surface area contributed by atoms with Crippen LogP contribution in [0.2, 0.25) is 0 Å². The molecule has 0 radical (unpaired) electrons. The third-order valence-electron chi connectivity index (χ3n) is 4.76. The zero-order chi connectivity index (χ0) is 20.3. The number of unbranched alkanes of at least 4 members (excludes halogenated alkanes) is 1. The third kappa shape index (κ3) is 3.51. The number of carbonyl (C=O) groups is 2. The topological polar surface area (TPSA) is 101 Å². The molecule has 2 aromatic carbocycles. The molecule has 1 aliphatic rings. The van der Waals surface area contributed by atoms with Gasteiger partial charge in [-0.2, -0.15) is 0 Å². The van der Waals surface area contributed by atoms with Gasteiger partial charge in [0.1, 0.15) is 5.76 Å². The molecular formula is C21H20N2O5. The van der Waals surface area contributed by atoms with E-state index in [0.29, 0.717) is 24.1 Å². The maximum Gasteiger partial charge on any atom is 0.295 e. The number of hydrogen-bond acceptors (Lipinski definition) is 5. The number of nitro groups is 1. The molecule has 7 nitrogen and oxygen atoms in total. The van der Waals surface area contributed by atoms with Crippen LogP contribution in [0.25, 0.3) is 5.76 Å². The van der Waals surface area contributed by atoms with Crippen LogP contribution < -0.4 is 0 Å². The first-order valence-corrected chi connectivity index (χ1v) is 9.04. The molecular weight excluding hydrogens is 360 g/mol. The van der Waals surface area contributed by atoms with E-state index >= 15 is 0 Å². The second-order valence-corrected chi connectivity index (χ2v) is 6.56. The smallest absolute Gasteiger partial charge is 0.295 e. The Kier molecular flexibility index (Phi) is 5.54. The van der Waals surface area contributed by atoms with Crippen molar-refractivity contribution in [2.24, 2.45) is 0 Å². The van der Waals surface area contributed by atoms with Gasteiger partial charge >= 0.3 is 0 Å². The summed E-state index contributed by atoms with van der Waals surface area (Å²) in [7, 11) is 0. The van der Waals surface area contributed by atoms with Gasteiger partial charge in [0, 0.05) is 24.2 Å². The van der Waals surface area contributed by atoms with Crippen molar-refractivity contribution < 1.29 is 19.6 Å². The Bertz CT molecular complexity index is 935. The first-order valence-electron chi connectivity index (χ1n) is 9.04. The molecule has 1 fully saturated rings. The zero-order valence-electron chi connectivity index (χ0n) is 15.4. The van der Waals surface area contributed by atoms with Crippen molar-refractivity contribution in [3.05, 3.63) is 81.4 Å². The second kappa shape index (κ2) is 8.04. The number of aliphatic hydroxyl groups is 1. The van der Waals surface area contributed by atoms with Crippen molar-refractivity contribution in [3.8, 4) is 0 Å². The fourth-order valence-corrected chi connectivity index (χ4v) is 3.32. The van der Waals surface area contributed by atoms with E-state index in [1.807, 2.05) is 6.92 Å². The number of likely N-dealkylation sites (tertiary alicyclic amines) is 1. The first kappa shape index (κ1) is 19.3. The van der Waals surface area contributed by atoms with Gasteiger partial charge in [-0.05, 0) is 24.1 Å². The minimum atomic E-state index is -0.785. The molecule has 0 aliphatic carbocycles. The summed E-state index contributed by atoms with van der Waals surface area (Å²) in [4.78, 5) is 37.2. The van der Waals surface area contributed by atoms with Crippen LogP contribution in [0, 0.1) is 10.1 Å². The molecule has 1 saturated heterocycles. The van der Waals surface area contributed by atoms with Crippen LogP contribution in [0.5, 0.6) is 0 Å². The lowest BCUT2D eigenvalue weighted by Gasteiger charge is -2.25. The standard InChI is InChI=1S/C21H20N2O5/c1-2-3-13-22-18(14-9-11-16(12-10-14)23(27)28)17(20(25)21(22)26)19(24)15-7-5-4-6-8-15/h4-12,18,24H,2-3,13H2,1H3. The molecule has 2 aromatic rings. The summed E-state index contributed by atoms with van der Waals surface area (Å²) in [6, 6.07) is 13.5. The molecule has 0 aromatic heterocycles. The van der Waals surface area contributed by atoms with Gasteiger partial charge in [0.15, 0.2) is 0 Å². The summed E-state index contributed by atoms with van der Waals surface area (Å²) < 4.78 is 0. The van der Waals surface area contributed by atoms with Gasteiger partial charge in [0.2, 0.25) is 0 Å². The second-order valence-electron chi connectivity index (χ2n) is 6.56. The first-order chi connectivity index (χ1) is 13.5. The van der Waals surface area contributed by atoms with Crippen molar-refractivity contribution in [2.45, 2.75) is 25.8 Å². The highest BCUT2D eigenvalue weighted by Crippen LogP contribution is 2.39. The fraction of sp³-hybridized carbons (Fsp3) is 0.238. The Morgan fingerprint density at radius 1 is 1.11 bits per heavy atom. The number of amides is 1. The van der Waals surface area contributed by atoms with E-state index in [1.54, 1.807) is 30.3 Å². The molecule has 0 saturated carbocycles. The monoisotopic (exact) mass is 380 g/mol. The number of carbonyl (C=O) groups excluding carboxylic acids is 2. The third-order valence-corrected chi connectivity index (χ3v) is 4.76. The number of hydrogen-bond donors (Lipinski definition) is 1. The zero-order valence-corrected chi connectivity index (χ0v) is 15.4. The fourth-order valence-electron chi connectivity index (χ4n) is 3.32. The number of non-ortho nitro benzene ring substituents is 1. The average molecular weight is 380 g/mol. The Labute approximate surface area is 162 Å². The van der Waals surface area contributed by atoms with Crippen LogP contribution in [0.1, 0.15) is 36.9 Å². The number of benzene rings is 2. The number of nitrogens with zero attached hydrogens (tertiary/aromatic N) is 2. The van der Waals surface area contributed by atoms with E-state index < -0.39 is 22.7 Å². The molecule has 0 spiro atoms. The number of rotatable bonds is 6. The van der Waals surface area contributed by atoms with Crippen LogP contribution in [-0.2, 0) is 9.59 Å². The van der Waals surface area contributed by atoms with Gasteiger partial charge in [0.25, 0.3) is 17.4 Å². The lowest BCUT2D eigenvalue weighted by atomic mass is 9.95. The van der Waals surface area contributed by atoms with E-state index in [1.165, 1.54) is 29.2 Å². The van der Waals surface area contributed by atoms with E-state index in [9.17, 15) is 24.8 Å². The Morgan fingerprint density at radius 2 is 1.75 bits per heavy atom. The number of aliphatic hydroxyl groups excluding tert-OH is 1. The Balaban J connectivity index is 2.14. The highest BCUT2D eigenvalue weighted by Gasteiger charge is 2.45. The van der Waals surface area contributed by atoms with Crippen molar-refractivity contribution in [1.82, 2.24) is 4.90 Å². The van der Waals surface area contributed by atoms with Gasteiger partial charge < -0.3 is 10.0 Å². The van der Waals surface area contributed by atoms with Gasteiger partial charge in [-0.3, -0.25) is 19.7 Å². The molecule has 7 heteroatoms. The van der Waals surface area contributed by atoms with Crippen molar-refractivity contribution in [3.63, 3.8) is 0 Å². The summed E-state index contributed by atoms with van der Waals surface area (Å²) in [6.45, 7) is 2.33. The van der Waals surface area contributed by atoms with Crippen LogP contribution in [0.3, 0.4) is 0 Å². The van der Waals surface area contributed by atoms with Gasteiger partial charge in [-0.25, -0.2) is 0 Å². The van der Waals surface area contributed by atoms with Gasteiger partial charge in [-0.1, -0.05) is 43.7 Å². The van der Waals surface area contributed by atoms with Gasteiger partial charge in [0.05, 0.1) is 16.5 Å². The average Bonchev–Trinajstić information content (AvgIpc) is 2.97. The van der Waals surface area contributed by atoms with Crippen LogP contribution in [0.15, 0.2) is 60.2 Å². The molecule has 1 unspecified atom stereocenters. The molecule has 1 amide bonds. The quantitative estimate of drug-likeness (QED) is 0.270. The van der Waals surface area contributed by atoms with E-state index in [2.05, 4.69) is 0 Å². The molecule has 1 aliphatic heterocycles. The Morgan fingerprint density at radius 3 is 2.32 bits per heavy atom. The van der Waals surface area contributed by atoms with Crippen molar-refractivity contribution in [1.29, 1.82) is 0 Å². The summed E-state index contributed by atoms with van der Waals surface area (Å²) in [5.74, 6) is -1.67. The summed E-state index contributed by atoms with van der Waals surface area (Å²) >= 11 is 0. The number of nitro benzene ring substituents is 1. The lowest BCUT2D eigenvalue weighted by Crippen LogP contribution is -2.30. The highest BCUT2D eigenvalue weighted by atomic mass is 16.6. The molecule has 28 heavy (non-hydrogen) atoms. The Hall–Kier alpha value is -3.48. The van der Waals surface area contributed by atoms with Crippen LogP contribution >= 0.6 is 0 Å². The number of ketones is 1. The van der Waals surface area contributed by atoms with E-state index in [-0.39, 0.29) is 17.0 Å². The predicted molar refractivity (Wildman–Crippen MR) is 103 cm³/mol. The van der Waals surface area contributed by atoms with Crippen molar-refractivity contribution >= 4 is 23.1 Å². The van der Waals surface area contributed by atoms with E-state index in [0.717, 1.165) is 6.42 Å². The molecule has 1 heterocycles. The summed E-state index contributed by atoms with van der Waals surface area (Å²) in [5, 5.41) is 21.7. The van der Waals surface area contributed by atoms with E-state index in [4.69, 9.17) is 0 Å². The van der Waals surface area contributed by atoms with Crippen LogP contribution in [0.4, 0.5) is 5.69 Å². The normalized spacial score (nSPS) is 18.5. The molecule has 0 bridgehead atoms. The van der Waals surface area contributed by atoms with Gasteiger partial charge in [-0.15, -0.1) is 0 Å². The largest absolute Gasteiger partial charge is 0.507 e. The highest BCUT2D eigenvalue weighted by molar-refractivity contribution is 6.46. The SMILES string of the molecule is CCCCN1C(=O)C(=O)C(=C(O)c2ccccc2)C1c1ccc([N+](=O)[O-])cc1.